The number of carbonyl (C=O) groups is 2. The first kappa shape index (κ1) is 15.2. The number of hydrogen-bond donors (Lipinski definition) is 0. The number of hydrogen-bond acceptors (Lipinski definition) is 3. The molecule has 1 aromatic rings. The fourth-order valence-electron chi connectivity index (χ4n) is 1.84. The van der Waals surface area contributed by atoms with Gasteiger partial charge in [-0.2, -0.15) is 0 Å². The predicted octanol–water partition coefficient (Wildman–Crippen LogP) is 2.22. The summed E-state index contributed by atoms with van der Waals surface area (Å²) in [5.41, 5.74) is 3.43. The molecule has 0 unspecified atom stereocenters. The van der Waals surface area contributed by atoms with Crippen LogP contribution < -0.4 is 0 Å². The van der Waals surface area contributed by atoms with Crippen LogP contribution in [0.3, 0.4) is 0 Å². The molecule has 0 saturated carbocycles. The molecule has 0 aliphatic carbocycles. The third-order valence-electron chi connectivity index (χ3n) is 2.93. The van der Waals surface area contributed by atoms with Crippen molar-refractivity contribution in [3.63, 3.8) is 0 Å². The third kappa shape index (κ3) is 4.73. The maximum Gasteiger partial charge on any atom is 0.315 e. The van der Waals surface area contributed by atoms with Crippen molar-refractivity contribution in [1.29, 1.82) is 0 Å². The van der Waals surface area contributed by atoms with Gasteiger partial charge in [-0.15, -0.1) is 0 Å². The standard InChI is InChI=1S/C15H21NO3/c1-5-19-15(18)9-14(17)16(4)10-13-7-6-11(2)8-12(13)3/h6-8H,5,9-10H2,1-4H3. The van der Waals surface area contributed by atoms with Gasteiger partial charge in [-0.3, -0.25) is 9.59 Å². The summed E-state index contributed by atoms with van der Waals surface area (Å²) in [4.78, 5) is 24.6. The van der Waals surface area contributed by atoms with Crippen molar-refractivity contribution in [2.75, 3.05) is 13.7 Å². The molecule has 0 fully saturated rings. The van der Waals surface area contributed by atoms with E-state index in [-0.39, 0.29) is 12.3 Å². The van der Waals surface area contributed by atoms with E-state index < -0.39 is 5.97 Å². The van der Waals surface area contributed by atoms with E-state index in [4.69, 9.17) is 4.74 Å². The van der Waals surface area contributed by atoms with Gasteiger partial charge < -0.3 is 9.64 Å². The minimum Gasteiger partial charge on any atom is -0.466 e. The largest absolute Gasteiger partial charge is 0.466 e. The molecule has 19 heavy (non-hydrogen) atoms. The Balaban J connectivity index is 2.61. The Morgan fingerprint density at radius 2 is 1.95 bits per heavy atom. The summed E-state index contributed by atoms with van der Waals surface area (Å²) in [7, 11) is 1.70. The summed E-state index contributed by atoms with van der Waals surface area (Å²) < 4.78 is 4.77. The normalized spacial score (nSPS) is 10.1. The molecule has 1 rings (SSSR count). The first-order chi connectivity index (χ1) is 8.93. The molecule has 4 nitrogen and oxygen atoms in total. The summed E-state index contributed by atoms with van der Waals surface area (Å²) in [6, 6.07) is 6.11. The molecule has 0 spiro atoms. The van der Waals surface area contributed by atoms with Crippen LogP contribution in [0, 0.1) is 13.8 Å². The summed E-state index contributed by atoms with van der Waals surface area (Å²) in [5, 5.41) is 0. The van der Waals surface area contributed by atoms with Crippen molar-refractivity contribution < 1.29 is 14.3 Å². The van der Waals surface area contributed by atoms with Gasteiger partial charge in [0.2, 0.25) is 5.91 Å². The average Bonchev–Trinajstić information content (AvgIpc) is 2.32. The molecule has 104 valence electrons. The van der Waals surface area contributed by atoms with Crippen LogP contribution in [0.5, 0.6) is 0 Å². The van der Waals surface area contributed by atoms with Crippen molar-refractivity contribution >= 4 is 11.9 Å². The van der Waals surface area contributed by atoms with Crippen molar-refractivity contribution in [3.05, 3.63) is 34.9 Å². The summed E-state index contributed by atoms with van der Waals surface area (Å²) in [5.74, 6) is -0.696. The van der Waals surface area contributed by atoms with E-state index in [0.29, 0.717) is 13.2 Å². The number of amides is 1. The fourth-order valence-corrected chi connectivity index (χ4v) is 1.84. The molecule has 0 aromatic heterocycles. The van der Waals surface area contributed by atoms with Crippen molar-refractivity contribution in [2.45, 2.75) is 33.7 Å². The number of benzene rings is 1. The second-order valence-electron chi connectivity index (χ2n) is 4.66. The molecule has 0 saturated heterocycles. The second kappa shape index (κ2) is 6.92. The van der Waals surface area contributed by atoms with Crippen LogP contribution in [-0.2, 0) is 20.9 Å². The molecular formula is C15H21NO3. The Morgan fingerprint density at radius 1 is 1.26 bits per heavy atom. The van der Waals surface area contributed by atoms with E-state index >= 15 is 0 Å². The summed E-state index contributed by atoms with van der Waals surface area (Å²) >= 11 is 0. The molecule has 0 heterocycles. The van der Waals surface area contributed by atoms with Gasteiger partial charge in [-0.1, -0.05) is 23.8 Å². The monoisotopic (exact) mass is 263 g/mol. The second-order valence-corrected chi connectivity index (χ2v) is 4.66. The smallest absolute Gasteiger partial charge is 0.315 e. The number of rotatable bonds is 5. The number of carbonyl (C=O) groups excluding carboxylic acids is 2. The number of aryl methyl sites for hydroxylation is 2. The zero-order valence-electron chi connectivity index (χ0n) is 12.0. The lowest BCUT2D eigenvalue weighted by molar-refractivity contribution is -0.148. The molecular weight excluding hydrogens is 242 g/mol. The lowest BCUT2D eigenvalue weighted by atomic mass is 10.1. The highest BCUT2D eigenvalue weighted by Gasteiger charge is 2.15. The van der Waals surface area contributed by atoms with E-state index in [2.05, 4.69) is 6.07 Å². The fraction of sp³-hybridized carbons (Fsp3) is 0.467. The quantitative estimate of drug-likeness (QED) is 0.604. The number of ether oxygens (including phenoxy) is 1. The van der Waals surface area contributed by atoms with Crippen LogP contribution in [0.4, 0.5) is 0 Å². The Labute approximate surface area is 114 Å². The minimum absolute atomic E-state index is 0.199. The Morgan fingerprint density at radius 3 is 2.53 bits per heavy atom. The topological polar surface area (TPSA) is 46.6 Å². The van der Waals surface area contributed by atoms with E-state index in [0.717, 1.165) is 11.1 Å². The Hall–Kier alpha value is -1.84. The molecule has 0 aliphatic rings. The number of esters is 1. The van der Waals surface area contributed by atoms with Crippen molar-refractivity contribution in [2.24, 2.45) is 0 Å². The van der Waals surface area contributed by atoms with Gasteiger partial charge in [-0.25, -0.2) is 0 Å². The molecule has 1 aromatic carbocycles. The molecule has 0 N–H and O–H groups in total. The molecule has 0 bridgehead atoms. The summed E-state index contributed by atoms with van der Waals surface area (Å²) in [6.45, 7) is 6.58. The number of nitrogens with zero attached hydrogens (tertiary/aromatic N) is 1. The van der Waals surface area contributed by atoms with Gasteiger partial charge in [0.15, 0.2) is 0 Å². The lowest BCUT2D eigenvalue weighted by Crippen LogP contribution is -2.29. The van der Waals surface area contributed by atoms with E-state index in [9.17, 15) is 9.59 Å². The van der Waals surface area contributed by atoms with Gasteiger partial charge in [0.1, 0.15) is 6.42 Å². The van der Waals surface area contributed by atoms with Crippen LogP contribution in [0.1, 0.15) is 30.0 Å². The van der Waals surface area contributed by atoms with E-state index in [1.807, 2.05) is 26.0 Å². The third-order valence-corrected chi connectivity index (χ3v) is 2.93. The van der Waals surface area contributed by atoms with E-state index in [1.54, 1.807) is 18.9 Å². The average molecular weight is 263 g/mol. The van der Waals surface area contributed by atoms with Crippen LogP contribution in [-0.4, -0.2) is 30.4 Å². The molecule has 0 atom stereocenters. The Kier molecular flexibility index (Phi) is 5.55. The highest BCUT2D eigenvalue weighted by molar-refractivity contribution is 5.94. The summed E-state index contributed by atoms with van der Waals surface area (Å²) in [6.07, 6.45) is -0.199. The van der Waals surface area contributed by atoms with Gasteiger partial charge in [-0.05, 0) is 31.9 Å². The highest BCUT2D eigenvalue weighted by Crippen LogP contribution is 2.13. The maximum atomic E-state index is 11.8. The van der Waals surface area contributed by atoms with Crippen LogP contribution in [0.2, 0.25) is 0 Å². The zero-order chi connectivity index (χ0) is 14.4. The molecule has 4 heteroatoms. The maximum absolute atomic E-state index is 11.8. The first-order valence-electron chi connectivity index (χ1n) is 6.39. The first-order valence-corrected chi connectivity index (χ1v) is 6.39. The van der Waals surface area contributed by atoms with Gasteiger partial charge in [0.25, 0.3) is 0 Å². The van der Waals surface area contributed by atoms with Crippen molar-refractivity contribution in [3.8, 4) is 0 Å². The Bertz CT molecular complexity index is 468. The van der Waals surface area contributed by atoms with Gasteiger partial charge in [0.05, 0.1) is 6.61 Å². The lowest BCUT2D eigenvalue weighted by Gasteiger charge is -2.18. The highest BCUT2D eigenvalue weighted by atomic mass is 16.5. The van der Waals surface area contributed by atoms with Gasteiger partial charge in [0, 0.05) is 13.6 Å². The zero-order valence-corrected chi connectivity index (χ0v) is 12.0. The van der Waals surface area contributed by atoms with Crippen molar-refractivity contribution in [1.82, 2.24) is 4.90 Å². The van der Waals surface area contributed by atoms with Crippen LogP contribution >= 0.6 is 0 Å². The molecule has 0 radical (unpaired) electrons. The van der Waals surface area contributed by atoms with Crippen LogP contribution in [0.25, 0.3) is 0 Å². The molecule has 1 amide bonds. The molecule has 0 aliphatic heterocycles. The predicted molar refractivity (Wildman–Crippen MR) is 73.6 cm³/mol. The van der Waals surface area contributed by atoms with Crippen LogP contribution in [0.15, 0.2) is 18.2 Å². The van der Waals surface area contributed by atoms with E-state index in [1.165, 1.54) is 5.56 Å². The SMILES string of the molecule is CCOC(=O)CC(=O)N(C)Cc1ccc(C)cc1C. The van der Waals surface area contributed by atoms with Gasteiger partial charge >= 0.3 is 5.97 Å². The minimum atomic E-state index is -0.472.